The Balaban J connectivity index is 2.32. The molecule has 0 radical (unpaired) electrons. The average molecular weight is 283 g/mol. The standard InChI is InChI=1S/C16H33N3O/c1-4-14-9-11-19(15(12-14)13-17)10-7-8-16(20)18(5-2)6-3/h14-15H,4-13,17H2,1-3H3. The third-order valence-electron chi connectivity index (χ3n) is 4.75. The molecule has 1 saturated heterocycles. The molecule has 0 aromatic rings. The molecule has 0 spiro atoms. The van der Waals surface area contributed by atoms with Crippen LogP contribution in [0.4, 0.5) is 0 Å². The van der Waals surface area contributed by atoms with E-state index in [2.05, 4.69) is 11.8 Å². The van der Waals surface area contributed by atoms with E-state index >= 15 is 0 Å². The van der Waals surface area contributed by atoms with Crippen molar-refractivity contribution in [3.05, 3.63) is 0 Å². The molecule has 1 aliphatic heterocycles. The minimum absolute atomic E-state index is 0.294. The van der Waals surface area contributed by atoms with E-state index in [1.807, 2.05) is 18.7 Å². The first kappa shape index (κ1) is 17.4. The minimum atomic E-state index is 0.294. The van der Waals surface area contributed by atoms with Crippen LogP contribution in [0.15, 0.2) is 0 Å². The van der Waals surface area contributed by atoms with Gasteiger partial charge in [-0.2, -0.15) is 0 Å². The number of nitrogens with zero attached hydrogens (tertiary/aromatic N) is 2. The maximum Gasteiger partial charge on any atom is 0.222 e. The topological polar surface area (TPSA) is 49.6 Å². The Morgan fingerprint density at radius 2 is 2.00 bits per heavy atom. The molecule has 2 atom stereocenters. The van der Waals surface area contributed by atoms with Gasteiger partial charge in [0, 0.05) is 32.1 Å². The lowest BCUT2D eigenvalue weighted by atomic mass is 9.89. The summed E-state index contributed by atoms with van der Waals surface area (Å²) in [7, 11) is 0. The van der Waals surface area contributed by atoms with Crippen molar-refractivity contribution in [1.29, 1.82) is 0 Å². The van der Waals surface area contributed by atoms with Crippen LogP contribution in [0.5, 0.6) is 0 Å². The number of hydrogen-bond acceptors (Lipinski definition) is 3. The smallest absolute Gasteiger partial charge is 0.222 e. The van der Waals surface area contributed by atoms with Gasteiger partial charge in [-0.05, 0) is 52.1 Å². The second-order valence-corrected chi connectivity index (χ2v) is 5.89. The highest BCUT2D eigenvalue weighted by Crippen LogP contribution is 2.25. The van der Waals surface area contributed by atoms with E-state index in [1.165, 1.54) is 19.3 Å². The molecule has 2 N–H and O–H groups in total. The Bertz CT molecular complexity index is 279. The van der Waals surface area contributed by atoms with Gasteiger partial charge < -0.3 is 10.6 Å². The second-order valence-electron chi connectivity index (χ2n) is 5.89. The maximum absolute atomic E-state index is 12.0. The summed E-state index contributed by atoms with van der Waals surface area (Å²) in [6.07, 6.45) is 5.42. The Morgan fingerprint density at radius 3 is 2.55 bits per heavy atom. The minimum Gasteiger partial charge on any atom is -0.343 e. The first-order valence-electron chi connectivity index (χ1n) is 8.38. The van der Waals surface area contributed by atoms with E-state index < -0.39 is 0 Å². The van der Waals surface area contributed by atoms with Crippen molar-refractivity contribution in [3.8, 4) is 0 Å². The maximum atomic E-state index is 12.0. The van der Waals surface area contributed by atoms with Gasteiger partial charge in [0.25, 0.3) is 0 Å². The monoisotopic (exact) mass is 283 g/mol. The number of carbonyl (C=O) groups excluding carboxylic acids is 1. The number of likely N-dealkylation sites (tertiary alicyclic amines) is 1. The molecule has 118 valence electrons. The lowest BCUT2D eigenvalue weighted by molar-refractivity contribution is -0.131. The van der Waals surface area contributed by atoms with Crippen LogP contribution in [0, 0.1) is 5.92 Å². The fourth-order valence-corrected chi connectivity index (χ4v) is 3.26. The summed E-state index contributed by atoms with van der Waals surface area (Å²) in [4.78, 5) is 16.4. The van der Waals surface area contributed by atoms with E-state index in [-0.39, 0.29) is 0 Å². The van der Waals surface area contributed by atoms with Gasteiger partial charge >= 0.3 is 0 Å². The van der Waals surface area contributed by atoms with Gasteiger partial charge in [-0.15, -0.1) is 0 Å². The zero-order chi connectivity index (χ0) is 15.0. The lowest BCUT2D eigenvalue weighted by Gasteiger charge is -2.39. The fraction of sp³-hybridized carbons (Fsp3) is 0.938. The number of carbonyl (C=O) groups is 1. The van der Waals surface area contributed by atoms with Gasteiger partial charge in [0.1, 0.15) is 0 Å². The third-order valence-corrected chi connectivity index (χ3v) is 4.75. The van der Waals surface area contributed by atoms with E-state index in [0.717, 1.165) is 45.1 Å². The van der Waals surface area contributed by atoms with Crippen molar-refractivity contribution in [3.63, 3.8) is 0 Å². The highest BCUT2D eigenvalue weighted by molar-refractivity contribution is 5.76. The van der Waals surface area contributed by atoms with Gasteiger partial charge in [-0.1, -0.05) is 13.3 Å². The summed E-state index contributed by atoms with van der Waals surface area (Å²) in [6, 6.07) is 0.525. The predicted octanol–water partition coefficient (Wildman–Crippen LogP) is 2.08. The summed E-state index contributed by atoms with van der Waals surface area (Å²) in [5, 5.41) is 0. The zero-order valence-electron chi connectivity index (χ0n) is 13.6. The molecule has 1 heterocycles. The van der Waals surface area contributed by atoms with E-state index in [9.17, 15) is 4.79 Å². The quantitative estimate of drug-likeness (QED) is 0.742. The van der Waals surface area contributed by atoms with Crippen molar-refractivity contribution < 1.29 is 4.79 Å². The van der Waals surface area contributed by atoms with Crippen LogP contribution in [-0.2, 0) is 4.79 Å². The van der Waals surface area contributed by atoms with Gasteiger partial charge in [0.15, 0.2) is 0 Å². The number of hydrogen-bond donors (Lipinski definition) is 1. The largest absolute Gasteiger partial charge is 0.343 e. The van der Waals surface area contributed by atoms with Gasteiger partial charge in [0.2, 0.25) is 5.91 Å². The van der Waals surface area contributed by atoms with Crippen LogP contribution < -0.4 is 5.73 Å². The van der Waals surface area contributed by atoms with Crippen LogP contribution in [0.3, 0.4) is 0 Å². The predicted molar refractivity (Wildman–Crippen MR) is 84.6 cm³/mol. The van der Waals surface area contributed by atoms with Crippen LogP contribution in [0.25, 0.3) is 0 Å². The molecule has 0 bridgehead atoms. The van der Waals surface area contributed by atoms with Gasteiger partial charge in [-0.25, -0.2) is 0 Å². The molecule has 0 aliphatic carbocycles. The molecular weight excluding hydrogens is 250 g/mol. The number of rotatable bonds is 8. The lowest BCUT2D eigenvalue weighted by Crippen LogP contribution is -2.47. The van der Waals surface area contributed by atoms with Crippen molar-refractivity contribution in [2.45, 2.75) is 58.9 Å². The van der Waals surface area contributed by atoms with Crippen molar-refractivity contribution >= 4 is 5.91 Å². The van der Waals surface area contributed by atoms with Crippen LogP contribution >= 0.6 is 0 Å². The summed E-state index contributed by atoms with van der Waals surface area (Å²) >= 11 is 0. The molecule has 1 fully saturated rings. The molecule has 4 heteroatoms. The van der Waals surface area contributed by atoms with Crippen LogP contribution in [0.1, 0.15) is 52.9 Å². The summed E-state index contributed by atoms with van der Waals surface area (Å²) < 4.78 is 0. The van der Waals surface area contributed by atoms with Gasteiger partial charge in [0.05, 0.1) is 0 Å². The molecule has 1 aliphatic rings. The molecule has 1 amide bonds. The van der Waals surface area contributed by atoms with Crippen molar-refractivity contribution in [2.75, 3.05) is 32.7 Å². The first-order valence-corrected chi connectivity index (χ1v) is 8.38. The van der Waals surface area contributed by atoms with Crippen molar-refractivity contribution in [2.24, 2.45) is 11.7 Å². The number of amides is 1. The molecule has 20 heavy (non-hydrogen) atoms. The van der Waals surface area contributed by atoms with E-state index in [0.29, 0.717) is 18.4 Å². The Hall–Kier alpha value is -0.610. The Kier molecular flexibility index (Phi) is 8.15. The molecular formula is C16H33N3O. The van der Waals surface area contributed by atoms with Crippen LogP contribution in [0.2, 0.25) is 0 Å². The average Bonchev–Trinajstić information content (AvgIpc) is 2.48. The summed E-state index contributed by atoms with van der Waals surface area (Å²) in [6.45, 7) is 10.9. The first-order chi connectivity index (χ1) is 9.65. The highest BCUT2D eigenvalue weighted by atomic mass is 16.2. The molecule has 0 saturated carbocycles. The molecule has 2 unspecified atom stereocenters. The summed E-state index contributed by atoms with van der Waals surface area (Å²) in [5.41, 5.74) is 5.92. The van der Waals surface area contributed by atoms with E-state index in [4.69, 9.17) is 5.73 Å². The van der Waals surface area contributed by atoms with Crippen LogP contribution in [-0.4, -0.2) is 54.5 Å². The SMILES string of the molecule is CCC1CCN(CCCC(=O)N(CC)CC)C(CN)C1. The van der Waals surface area contributed by atoms with Gasteiger partial charge in [-0.3, -0.25) is 9.69 Å². The second kappa shape index (κ2) is 9.35. The summed E-state index contributed by atoms with van der Waals surface area (Å²) in [5.74, 6) is 1.14. The highest BCUT2D eigenvalue weighted by Gasteiger charge is 2.26. The molecule has 1 rings (SSSR count). The normalized spacial score (nSPS) is 23.8. The molecule has 0 aromatic heterocycles. The zero-order valence-corrected chi connectivity index (χ0v) is 13.6. The fourth-order valence-electron chi connectivity index (χ4n) is 3.26. The Labute approximate surface area is 124 Å². The Morgan fingerprint density at radius 1 is 1.30 bits per heavy atom. The number of piperidine rings is 1. The third kappa shape index (κ3) is 5.06. The molecule has 0 aromatic carbocycles. The van der Waals surface area contributed by atoms with E-state index in [1.54, 1.807) is 0 Å². The van der Waals surface area contributed by atoms with Crippen molar-refractivity contribution in [1.82, 2.24) is 9.80 Å². The molecule has 4 nitrogen and oxygen atoms in total. The number of nitrogens with two attached hydrogens (primary N) is 1.